The van der Waals surface area contributed by atoms with Gasteiger partial charge in [0.05, 0.1) is 0 Å². The average molecular weight is 248 g/mol. The van der Waals surface area contributed by atoms with E-state index in [4.69, 9.17) is 10.2 Å². The number of carbonyl (C=O) groups is 1. The van der Waals surface area contributed by atoms with E-state index in [-0.39, 0.29) is 18.0 Å². The van der Waals surface area contributed by atoms with Crippen LogP contribution < -0.4 is 5.73 Å². The van der Waals surface area contributed by atoms with Crippen LogP contribution in [-0.2, 0) is 4.79 Å². The second-order valence-corrected chi connectivity index (χ2v) is 5.55. The molecular formula is C14H20N2O2. The molecule has 4 unspecified atom stereocenters. The van der Waals surface area contributed by atoms with Gasteiger partial charge in [-0.05, 0) is 31.4 Å². The summed E-state index contributed by atoms with van der Waals surface area (Å²) >= 11 is 0. The lowest BCUT2D eigenvalue weighted by Crippen LogP contribution is -2.32. The first-order valence-corrected chi connectivity index (χ1v) is 6.76. The van der Waals surface area contributed by atoms with E-state index in [2.05, 4.69) is 6.92 Å². The van der Waals surface area contributed by atoms with Gasteiger partial charge in [0, 0.05) is 24.9 Å². The third-order valence-corrected chi connectivity index (χ3v) is 4.23. The van der Waals surface area contributed by atoms with Gasteiger partial charge in [-0.2, -0.15) is 0 Å². The number of amides is 1. The first-order valence-electron chi connectivity index (χ1n) is 6.76. The highest BCUT2D eigenvalue weighted by molar-refractivity contribution is 5.80. The highest BCUT2D eigenvalue weighted by atomic mass is 16.3. The predicted molar refractivity (Wildman–Crippen MR) is 68.0 cm³/mol. The molecular weight excluding hydrogens is 228 g/mol. The van der Waals surface area contributed by atoms with Crippen LogP contribution in [0, 0.1) is 5.92 Å². The zero-order chi connectivity index (χ0) is 12.9. The SMILES string of the molecule is CCN1C(=O)CC(N)C1c1ccc(C2CC2C)o1. The topological polar surface area (TPSA) is 59.5 Å². The smallest absolute Gasteiger partial charge is 0.224 e. The van der Waals surface area contributed by atoms with E-state index in [0.717, 1.165) is 17.4 Å². The zero-order valence-electron chi connectivity index (χ0n) is 10.9. The van der Waals surface area contributed by atoms with Crippen molar-refractivity contribution in [3.8, 4) is 0 Å². The van der Waals surface area contributed by atoms with Crippen LogP contribution in [0.15, 0.2) is 16.5 Å². The lowest BCUT2D eigenvalue weighted by atomic mass is 10.1. The summed E-state index contributed by atoms with van der Waals surface area (Å²) in [6, 6.07) is 3.82. The van der Waals surface area contributed by atoms with E-state index >= 15 is 0 Å². The second-order valence-electron chi connectivity index (χ2n) is 5.55. The molecule has 2 aliphatic rings. The van der Waals surface area contributed by atoms with Crippen LogP contribution in [0.25, 0.3) is 0 Å². The van der Waals surface area contributed by atoms with Crippen molar-refractivity contribution < 1.29 is 9.21 Å². The molecule has 1 aliphatic carbocycles. The molecule has 18 heavy (non-hydrogen) atoms. The van der Waals surface area contributed by atoms with Gasteiger partial charge in [0.1, 0.15) is 17.6 Å². The molecule has 1 amide bonds. The Hall–Kier alpha value is -1.29. The third-order valence-electron chi connectivity index (χ3n) is 4.23. The molecule has 1 aromatic rings. The van der Waals surface area contributed by atoms with E-state index in [1.165, 1.54) is 6.42 Å². The van der Waals surface area contributed by atoms with E-state index < -0.39 is 0 Å². The second kappa shape index (κ2) is 4.12. The van der Waals surface area contributed by atoms with Gasteiger partial charge < -0.3 is 15.1 Å². The number of nitrogens with zero attached hydrogens (tertiary/aromatic N) is 1. The molecule has 4 heteroatoms. The lowest BCUT2D eigenvalue weighted by molar-refractivity contribution is -0.129. The van der Waals surface area contributed by atoms with Crippen molar-refractivity contribution in [2.45, 2.75) is 44.7 Å². The number of likely N-dealkylation sites (N-methyl/N-ethyl adjacent to an activating group) is 1. The van der Waals surface area contributed by atoms with Gasteiger partial charge in [0.25, 0.3) is 0 Å². The molecule has 98 valence electrons. The van der Waals surface area contributed by atoms with Gasteiger partial charge in [-0.3, -0.25) is 4.79 Å². The first-order chi connectivity index (χ1) is 8.61. The maximum absolute atomic E-state index is 11.8. The Kier molecular flexibility index (Phi) is 2.70. The van der Waals surface area contributed by atoms with Crippen LogP contribution in [0.4, 0.5) is 0 Å². The highest BCUT2D eigenvalue weighted by Crippen LogP contribution is 2.48. The van der Waals surface area contributed by atoms with Gasteiger partial charge in [0.2, 0.25) is 5.91 Å². The Balaban J connectivity index is 1.84. The van der Waals surface area contributed by atoms with E-state index in [1.807, 2.05) is 24.0 Å². The molecule has 2 fully saturated rings. The lowest BCUT2D eigenvalue weighted by Gasteiger charge is -2.23. The molecule has 1 aromatic heterocycles. The Morgan fingerprint density at radius 3 is 2.72 bits per heavy atom. The Morgan fingerprint density at radius 2 is 2.11 bits per heavy atom. The van der Waals surface area contributed by atoms with Crippen LogP contribution in [0.1, 0.15) is 50.2 Å². The minimum Gasteiger partial charge on any atom is -0.464 e. The molecule has 4 nitrogen and oxygen atoms in total. The molecule has 0 spiro atoms. The van der Waals surface area contributed by atoms with Gasteiger partial charge in [-0.25, -0.2) is 0 Å². The molecule has 1 saturated carbocycles. The normalized spacial score (nSPS) is 35.3. The molecule has 2 heterocycles. The Morgan fingerprint density at radius 1 is 1.44 bits per heavy atom. The first kappa shape index (κ1) is 11.8. The minimum atomic E-state index is -0.145. The molecule has 0 bridgehead atoms. The predicted octanol–water partition coefficient (Wildman–Crippen LogP) is 2.02. The molecule has 1 aliphatic heterocycles. The summed E-state index contributed by atoms with van der Waals surface area (Å²) in [4.78, 5) is 13.6. The number of hydrogen-bond donors (Lipinski definition) is 1. The summed E-state index contributed by atoms with van der Waals surface area (Å²) in [7, 11) is 0. The molecule has 0 aromatic carbocycles. The minimum absolute atomic E-state index is 0.0784. The maximum atomic E-state index is 11.8. The standard InChI is InChI=1S/C14H20N2O2/c1-3-16-13(17)7-10(15)14(16)12-5-4-11(18-12)9-6-8(9)2/h4-5,8-10,14H,3,6-7,15H2,1-2H3. The third kappa shape index (κ3) is 1.75. The molecule has 3 rings (SSSR count). The average Bonchev–Trinajstić information content (AvgIpc) is 2.76. The van der Waals surface area contributed by atoms with Crippen molar-refractivity contribution in [2.75, 3.05) is 6.54 Å². The number of nitrogens with two attached hydrogens (primary N) is 1. The van der Waals surface area contributed by atoms with Crippen molar-refractivity contribution in [2.24, 2.45) is 11.7 Å². The number of rotatable bonds is 3. The highest BCUT2D eigenvalue weighted by Gasteiger charge is 2.41. The van der Waals surface area contributed by atoms with Crippen molar-refractivity contribution in [3.63, 3.8) is 0 Å². The van der Waals surface area contributed by atoms with Crippen LogP contribution in [-0.4, -0.2) is 23.4 Å². The summed E-state index contributed by atoms with van der Waals surface area (Å²) in [6.45, 7) is 4.90. The van der Waals surface area contributed by atoms with E-state index in [9.17, 15) is 4.79 Å². The summed E-state index contributed by atoms with van der Waals surface area (Å²) in [6.07, 6.45) is 1.63. The number of hydrogen-bond acceptors (Lipinski definition) is 3. The summed E-state index contributed by atoms with van der Waals surface area (Å²) in [5.41, 5.74) is 6.07. The molecule has 1 saturated heterocycles. The van der Waals surface area contributed by atoms with Crippen LogP contribution in [0.2, 0.25) is 0 Å². The summed E-state index contributed by atoms with van der Waals surface area (Å²) in [5, 5.41) is 0. The fraction of sp³-hybridized carbons (Fsp3) is 0.643. The van der Waals surface area contributed by atoms with Crippen molar-refractivity contribution in [3.05, 3.63) is 23.7 Å². The number of carbonyl (C=O) groups excluding carboxylic acids is 1. The van der Waals surface area contributed by atoms with Crippen molar-refractivity contribution in [1.29, 1.82) is 0 Å². The van der Waals surface area contributed by atoms with Crippen molar-refractivity contribution in [1.82, 2.24) is 4.90 Å². The summed E-state index contributed by atoms with van der Waals surface area (Å²) in [5.74, 6) is 3.34. The Labute approximate surface area is 107 Å². The van der Waals surface area contributed by atoms with Crippen LogP contribution in [0.3, 0.4) is 0 Å². The quantitative estimate of drug-likeness (QED) is 0.890. The van der Waals surface area contributed by atoms with Gasteiger partial charge >= 0.3 is 0 Å². The van der Waals surface area contributed by atoms with Crippen LogP contribution in [0.5, 0.6) is 0 Å². The zero-order valence-corrected chi connectivity index (χ0v) is 10.9. The monoisotopic (exact) mass is 248 g/mol. The van der Waals surface area contributed by atoms with E-state index in [0.29, 0.717) is 18.9 Å². The molecule has 0 radical (unpaired) electrons. The largest absolute Gasteiger partial charge is 0.464 e. The Bertz CT molecular complexity index is 468. The van der Waals surface area contributed by atoms with Gasteiger partial charge in [-0.1, -0.05) is 6.92 Å². The van der Waals surface area contributed by atoms with Gasteiger partial charge in [-0.15, -0.1) is 0 Å². The number of furan rings is 1. The fourth-order valence-corrected chi connectivity index (χ4v) is 3.00. The molecule has 4 atom stereocenters. The summed E-state index contributed by atoms with van der Waals surface area (Å²) < 4.78 is 5.94. The maximum Gasteiger partial charge on any atom is 0.224 e. The van der Waals surface area contributed by atoms with Gasteiger partial charge in [0.15, 0.2) is 0 Å². The van der Waals surface area contributed by atoms with Crippen molar-refractivity contribution >= 4 is 5.91 Å². The fourth-order valence-electron chi connectivity index (χ4n) is 3.00. The van der Waals surface area contributed by atoms with Crippen LogP contribution >= 0.6 is 0 Å². The van der Waals surface area contributed by atoms with E-state index in [1.54, 1.807) is 0 Å². The molecule has 2 N–H and O–H groups in total. The number of likely N-dealkylation sites (tertiary alicyclic amines) is 1.